The number of likely N-dealkylation sites (tertiary alicyclic amines) is 1. The molecule has 1 fully saturated rings. The lowest BCUT2D eigenvalue weighted by Gasteiger charge is -2.36. The zero-order chi connectivity index (χ0) is 15.6. The van der Waals surface area contributed by atoms with Gasteiger partial charge in [-0.15, -0.1) is 0 Å². The number of carboxylic acids is 1. The number of carboxylic acid groups (broad SMARTS) is 1. The molecule has 1 aromatic rings. The van der Waals surface area contributed by atoms with Crippen LogP contribution in [-0.2, 0) is 0 Å². The van der Waals surface area contributed by atoms with Crippen molar-refractivity contribution in [2.24, 2.45) is 5.41 Å². The largest absolute Gasteiger partial charge is 0.478 e. The van der Waals surface area contributed by atoms with Crippen molar-refractivity contribution in [3.8, 4) is 0 Å². The van der Waals surface area contributed by atoms with Gasteiger partial charge in [-0.3, -0.25) is 0 Å². The van der Waals surface area contributed by atoms with Crippen LogP contribution in [0.15, 0.2) is 18.2 Å². The first kappa shape index (κ1) is 15.3. The van der Waals surface area contributed by atoms with Gasteiger partial charge in [-0.1, -0.05) is 13.8 Å². The Morgan fingerprint density at radius 1 is 1.29 bits per heavy atom. The van der Waals surface area contributed by atoms with Crippen molar-refractivity contribution in [1.29, 1.82) is 0 Å². The van der Waals surface area contributed by atoms with Gasteiger partial charge in [-0.25, -0.2) is 14.0 Å². The molecule has 1 aliphatic rings. The Bertz CT molecular complexity index is 562. The Morgan fingerprint density at radius 2 is 1.90 bits per heavy atom. The molecule has 0 unspecified atom stereocenters. The number of rotatable bonds is 2. The molecule has 0 aromatic heterocycles. The van der Waals surface area contributed by atoms with Gasteiger partial charge in [0.05, 0.1) is 5.56 Å². The van der Waals surface area contributed by atoms with Crippen LogP contribution in [0.5, 0.6) is 0 Å². The molecule has 1 aliphatic heterocycles. The minimum Gasteiger partial charge on any atom is -0.478 e. The topological polar surface area (TPSA) is 69.6 Å². The van der Waals surface area contributed by atoms with E-state index in [-0.39, 0.29) is 17.1 Å². The molecule has 2 amide bonds. The predicted molar refractivity (Wildman–Crippen MR) is 77.0 cm³/mol. The number of nitrogens with zero attached hydrogens (tertiary/aromatic N) is 1. The second-order valence-corrected chi connectivity index (χ2v) is 6.08. The summed E-state index contributed by atoms with van der Waals surface area (Å²) in [4.78, 5) is 24.5. The monoisotopic (exact) mass is 294 g/mol. The number of anilines is 1. The smallest absolute Gasteiger partial charge is 0.338 e. The van der Waals surface area contributed by atoms with E-state index < -0.39 is 17.3 Å². The van der Waals surface area contributed by atoms with Gasteiger partial charge >= 0.3 is 12.0 Å². The molecule has 2 N–H and O–H groups in total. The van der Waals surface area contributed by atoms with Gasteiger partial charge in [0.2, 0.25) is 0 Å². The van der Waals surface area contributed by atoms with E-state index in [4.69, 9.17) is 5.11 Å². The zero-order valence-corrected chi connectivity index (χ0v) is 12.1. The molecule has 1 saturated heterocycles. The maximum atomic E-state index is 13.5. The standard InChI is InChI=1S/C15H19FN2O3/c1-15(2)5-7-18(8-6-15)14(21)17-10-3-4-11(13(19)20)12(16)9-10/h3-4,9H,5-8H2,1-2H3,(H,17,21)(H,19,20). The minimum absolute atomic E-state index is 0.242. The van der Waals surface area contributed by atoms with Crippen molar-refractivity contribution in [2.75, 3.05) is 18.4 Å². The fourth-order valence-electron chi connectivity index (χ4n) is 2.28. The summed E-state index contributed by atoms with van der Waals surface area (Å²) in [5.41, 5.74) is 0.0894. The summed E-state index contributed by atoms with van der Waals surface area (Å²) in [6.45, 7) is 5.66. The van der Waals surface area contributed by atoms with Crippen molar-refractivity contribution < 1.29 is 19.1 Å². The maximum absolute atomic E-state index is 13.5. The molecular formula is C15H19FN2O3. The molecule has 21 heavy (non-hydrogen) atoms. The number of carbonyl (C=O) groups is 2. The molecule has 0 aliphatic carbocycles. The highest BCUT2D eigenvalue weighted by molar-refractivity contribution is 5.91. The number of nitrogens with one attached hydrogen (secondary N) is 1. The fraction of sp³-hybridized carbons (Fsp3) is 0.467. The van der Waals surface area contributed by atoms with Crippen LogP contribution in [0.2, 0.25) is 0 Å². The molecule has 0 spiro atoms. The number of benzene rings is 1. The maximum Gasteiger partial charge on any atom is 0.338 e. The van der Waals surface area contributed by atoms with E-state index >= 15 is 0 Å². The van der Waals surface area contributed by atoms with Gasteiger partial charge in [-0.2, -0.15) is 0 Å². The normalized spacial score (nSPS) is 17.4. The van der Waals surface area contributed by atoms with Crippen LogP contribution in [0.1, 0.15) is 37.0 Å². The van der Waals surface area contributed by atoms with Crippen LogP contribution >= 0.6 is 0 Å². The van der Waals surface area contributed by atoms with Crippen LogP contribution in [0.25, 0.3) is 0 Å². The van der Waals surface area contributed by atoms with Crippen molar-refractivity contribution in [2.45, 2.75) is 26.7 Å². The van der Waals surface area contributed by atoms with Crippen molar-refractivity contribution in [3.05, 3.63) is 29.6 Å². The Hall–Kier alpha value is -2.11. The van der Waals surface area contributed by atoms with E-state index in [2.05, 4.69) is 19.2 Å². The van der Waals surface area contributed by atoms with Crippen LogP contribution in [0.3, 0.4) is 0 Å². The molecule has 5 nitrogen and oxygen atoms in total. The highest BCUT2D eigenvalue weighted by Gasteiger charge is 2.27. The number of aromatic carboxylic acids is 1. The third-order valence-electron chi connectivity index (χ3n) is 3.85. The van der Waals surface area contributed by atoms with Crippen LogP contribution in [-0.4, -0.2) is 35.1 Å². The SMILES string of the molecule is CC1(C)CCN(C(=O)Nc2ccc(C(=O)O)c(F)c2)CC1. The first-order valence-electron chi connectivity index (χ1n) is 6.87. The third kappa shape index (κ3) is 3.71. The summed E-state index contributed by atoms with van der Waals surface area (Å²) in [5.74, 6) is -2.19. The fourth-order valence-corrected chi connectivity index (χ4v) is 2.28. The van der Waals surface area contributed by atoms with Gasteiger partial charge in [0.1, 0.15) is 5.82 Å². The van der Waals surface area contributed by atoms with E-state index in [9.17, 15) is 14.0 Å². The van der Waals surface area contributed by atoms with Crippen LogP contribution < -0.4 is 5.32 Å². The number of halogens is 1. The van der Waals surface area contributed by atoms with Crippen LogP contribution in [0, 0.1) is 11.2 Å². The Morgan fingerprint density at radius 3 is 2.43 bits per heavy atom. The molecule has 114 valence electrons. The van der Waals surface area contributed by atoms with Crippen molar-refractivity contribution >= 4 is 17.7 Å². The second-order valence-electron chi connectivity index (χ2n) is 6.08. The summed E-state index contributed by atoms with van der Waals surface area (Å²) in [6, 6.07) is 3.27. The zero-order valence-electron chi connectivity index (χ0n) is 12.1. The van der Waals surface area contributed by atoms with Gasteiger partial charge < -0.3 is 15.3 Å². The quantitative estimate of drug-likeness (QED) is 0.880. The number of hydrogen-bond donors (Lipinski definition) is 2. The summed E-state index contributed by atoms with van der Waals surface area (Å²) >= 11 is 0. The van der Waals surface area contributed by atoms with Gasteiger partial charge in [0, 0.05) is 18.8 Å². The Balaban J connectivity index is 2.00. The number of carbonyl (C=O) groups excluding carboxylic acids is 1. The van der Waals surface area contributed by atoms with E-state index in [1.54, 1.807) is 4.90 Å². The first-order chi connectivity index (χ1) is 9.78. The average Bonchev–Trinajstić information content (AvgIpc) is 2.38. The molecule has 0 saturated carbocycles. The predicted octanol–water partition coefficient (Wildman–Crippen LogP) is 3.18. The Labute approximate surface area is 122 Å². The molecule has 1 heterocycles. The molecule has 1 aromatic carbocycles. The average molecular weight is 294 g/mol. The number of urea groups is 1. The van der Waals surface area contributed by atoms with E-state index in [1.807, 2.05) is 0 Å². The van der Waals surface area contributed by atoms with Gasteiger partial charge in [-0.05, 0) is 36.5 Å². The first-order valence-corrected chi connectivity index (χ1v) is 6.87. The molecule has 0 atom stereocenters. The van der Waals surface area contributed by atoms with E-state index in [1.165, 1.54) is 6.07 Å². The second kappa shape index (κ2) is 5.71. The summed E-state index contributed by atoms with van der Waals surface area (Å²) in [6.07, 6.45) is 1.85. The van der Waals surface area contributed by atoms with Crippen LogP contribution in [0.4, 0.5) is 14.9 Å². The third-order valence-corrected chi connectivity index (χ3v) is 3.85. The van der Waals surface area contributed by atoms with E-state index in [0.717, 1.165) is 25.0 Å². The summed E-state index contributed by atoms with van der Waals surface area (Å²) in [7, 11) is 0. The van der Waals surface area contributed by atoms with Crippen molar-refractivity contribution in [1.82, 2.24) is 4.90 Å². The number of amides is 2. The summed E-state index contributed by atoms with van der Waals surface area (Å²) in [5, 5.41) is 11.4. The van der Waals surface area contributed by atoms with Gasteiger partial charge in [0.25, 0.3) is 0 Å². The molecule has 6 heteroatoms. The lowest BCUT2D eigenvalue weighted by molar-refractivity contribution is 0.0692. The number of hydrogen-bond acceptors (Lipinski definition) is 2. The Kier molecular flexibility index (Phi) is 4.16. The highest BCUT2D eigenvalue weighted by Crippen LogP contribution is 2.29. The highest BCUT2D eigenvalue weighted by atomic mass is 19.1. The minimum atomic E-state index is -1.33. The summed E-state index contributed by atoms with van der Waals surface area (Å²) < 4.78 is 13.5. The lowest BCUT2D eigenvalue weighted by atomic mass is 9.83. The molecule has 2 rings (SSSR count). The van der Waals surface area contributed by atoms with Gasteiger partial charge in [0.15, 0.2) is 0 Å². The molecule has 0 radical (unpaired) electrons. The molecule has 0 bridgehead atoms. The van der Waals surface area contributed by atoms with E-state index in [0.29, 0.717) is 13.1 Å². The number of piperidine rings is 1. The lowest BCUT2D eigenvalue weighted by Crippen LogP contribution is -2.43. The molecular weight excluding hydrogens is 275 g/mol. The van der Waals surface area contributed by atoms with Crippen molar-refractivity contribution in [3.63, 3.8) is 0 Å².